The largest absolute Gasteiger partial charge is 0.467 e. The third kappa shape index (κ3) is 4.59. The normalized spacial score (nSPS) is 18.5. The van der Waals surface area contributed by atoms with Crippen LogP contribution in [0, 0.1) is 5.92 Å². The monoisotopic (exact) mass is 237 g/mol. The first-order valence-corrected chi connectivity index (χ1v) is 6.33. The van der Waals surface area contributed by atoms with E-state index >= 15 is 0 Å². The Bertz CT molecular complexity index is 322. The number of ether oxygens (including phenoxy) is 1. The van der Waals surface area contributed by atoms with Gasteiger partial charge < -0.3 is 9.84 Å². The molecule has 6 nitrogen and oxygen atoms in total. The highest BCUT2D eigenvalue weighted by Crippen LogP contribution is 2.29. The molecule has 1 fully saturated rings. The number of aliphatic hydroxyl groups excluding tert-OH is 1. The van der Waals surface area contributed by atoms with E-state index in [1.165, 1.54) is 0 Å². The average molecular weight is 237 g/mol. The van der Waals surface area contributed by atoms with E-state index < -0.39 is 22.1 Å². The summed E-state index contributed by atoms with van der Waals surface area (Å²) in [4.78, 5) is 10.8. The van der Waals surface area contributed by atoms with E-state index in [0.717, 1.165) is 20.0 Å². The molecule has 1 aliphatic rings. The summed E-state index contributed by atoms with van der Waals surface area (Å²) in [6.45, 7) is -0.332. The Hall–Kier alpha value is -0.660. The van der Waals surface area contributed by atoms with Crippen molar-refractivity contribution in [3.8, 4) is 0 Å². The predicted molar refractivity (Wildman–Crippen MR) is 52.5 cm³/mol. The fourth-order valence-electron chi connectivity index (χ4n) is 1.08. The number of nitrogens with one attached hydrogen (secondary N) is 1. The molecule has 1 aliphatic carbocycles. The summed E-state index contributed by atoms with van der Waals surface area (Å²) in [6, 6.07) is 0. The lowest BCUT2D eigenvalue weighted by Crippen LogP contribution is -2.38. The van der Waals surface area contributed by atoms with Crippen LogP contribution in [0.3, 0.4) is 0 Å². The molecule has 0 aromatic carbocycles. The van der Waals surface area contributed by atoms with Gasteiger partial charge in [0, 0.05) is 6.54 Å². The first-order valence-electron chi connectivity index (χ1n) is 4.68. The molecule has 0 heterocycles. The molecule has 0 spiro atoms. The summed E-state index contributed by atoms with van der Waals surface area (Å²) in [6.07, 6.45) is 0.421. The summed E-state index contributed by atoms with van der Waals surface area (Å²) < 4.78 is 29.1. The summed E-state index contributed by atoms with van der Waals surface area (Å²) in [5.74, 6) is -0.539. The minimum absolute atomic E-state index is 0.0703. The molecule has 0 radical (unpaired) electrons. The number of aliphatic hydroxyl groups is 1. The molecule has 2 N–H and O–H groups in total. The number of hydrogen-bond donors (Lipinski definition) is 2. The molecule has 0 aliphatic heterocycles. The van der Waals surface area contributed by atoms with Gasteiger partial charge in [0.15, 0.2) is 6.10 Å². The molecule has 1 saturated carbocycles. The summed E-state index contributed by atoms with van der Waals surface area (Å²) >= 11 is 0. The van der Waals surface area contributed by atoms with Gasteiger partial charge in [0.2, 0.25) is 10.0 Å². The molecular weight excluding hydrogens is 222 g/mol. The first kappa shape index (κ1) is 12.4. The zero-order chi connectivity index (χ0) is 11.5. The second kappa shape index (κ2) is 4.91. The SMILES string of the molecule is COC(=O)C(O)CNS(=O)(=O)CC1CC1. The van der Waals surface area contributed by atoms with Crippen molar-refractivity contribution in [2.75, 3.05) is 19.4 Å². The van der Waals surface area contributed by atoms with Crippen LogP contribution in [0.1, 0.15) is 12.8 Å². The Labute approximate surface area is 88.7 Å². The van der Waals surface area contributed by atoms with Crippen LogP contribution in [0.4, 0.5) is 0 Å². The minimum atomic E-state index is -3.37. The van der Waals surface area contributed by atoms with E-state index in [4.69, 9.17) is 5.11 Å². The van der Waals surface area contributed by atoms with Crippen LogP contribution in [0.2, 0.25) is 0 Å². The van der Waals surface area contributed by atoms with Gasteiger partial charge in [-0.2, -0.15) is 0 Å². The van der Waals surface area contributed by atoms with Crippen molar-refractivity contribution in [3.63, 3.8) is 0 Å². The molecular formula is C8H15NO5S. The molecule has 0 amide bonds. The van der Waals surface area contributed by atoms with E-state index in [2.05, 4.69) is 9.46 Å². The van der Waals surface area contributed by atoms with Crippen molar-refractivity contribution >= 4 is 16.0 Å². The predicted octanol–water partition coefficient (Wildman–Crippen LogP) is -1.15. The van der Waals surface area contributed by atoms with Crippen molar-refractivity contribution in [3.05, 3.63) is 0 Å². The van der Waals surface area contributed by atoms with Crippen molar-refractivity contribution in [2.24, 2.45) is 5.92 Å². The molecule has 7 heteroatoms. The Balaban J connectivity index is 2.31. The highest BCUT2D eigenvalue weighted by molar-refractivity contribution is 7.89. The summed E-state index contributed by atoms with van der Waals surface area (Å²) in [5.41, 5.74) is 0. The fourth-order valence-corrected chi connectivity index (χ4v) is 2.56. The van der Waals surface area contributed by atoms with Crippen molar-refractivity contribution in [1.29, 1.82) is 0 Å². The van der Waals surface area contributed by atoms with E-state index in [-0.39, 0.29) is 18.2 Å². The average Bonchev–Trinajstić information content (AvgIpc) is 2.96. The molecule has 1 atom stereocenters. The van der Waals surface area contributed by atoms with Crippen LogP contribution in [0.15, 0.2) is 0 Å². The standard InChI is InChI=1S/C8H15NO5S/c1-14-8(11)7(10)4-9-15(12,13)5-6-2-3-6/h6-7,9-10H,2-5H2,1H3. The first-order chi connectivity index (χ1) is 6.94. The minimum Gasteiger partial charge on any atom is -0.467 e. The molecule has 0 saturated heterocycles. The van der Waals surface area contributed by atoms with Gasteiger partial charge in [0.25, 0.3) is 0 Å². The topological polar surface area (TPSA) is 92.7 Å². The smallest absolute Gasteiger partial charge is 0.336 e. The van der Waals surface area contributed by atoms with E-state index in [0.29, 0.717) is 0 Å². The van der Waals surface area contributed by atoms with E-state index in [9.17, 15) is 13.2 Å². The van der Waals surface area contributed by atoms with Crippen molar-refractivity contribution in [2.45, 2.75) is 18.9 Å². The Morgan fingerprint density at radius 2 is 2.20 bits per heavy atom. The molecule has 0 aromatic rings. The van der Waals surface area contributed by atoms with Gasteiger partial charge in [-0.3, -0.25) is 0 Å². The van der Waals surface area contributed by atoms with Gasteiger partial charge in [0.1, 0.15) is 0 Å². The number of rotatable bonds is 6. The third-order valence-corrected chi connectivity index (χ3v) is 3.64. The van der Waals surface area contributed by atoms with Gasteiger partial charge in [-0.1, -0.05) is 0 Å². The van der Waals surface area contributed by atoms with Crippen molar-refractivity contribution < 1.29 is 23.1 Å². The quantitative estimate of drug-likeness (QED) is 0.569. The van der Waals surface area contributed by atoms with Crippen LogP contribution < -0.4 is 4.72 Å². The highest BCUT2D eigenvalue weighted by Gasteiger charge is 2.28. The fraction of sp³-hybridized carbons (Fsp3) is 0.875. The number of esters is 1. The van der Waals surface area contributed by atoms with Crippen LogP contribution in [0.5, 0.6) is 0 Å². The Kier molecular flexibility index (Phi) is 4.06. The molecule has 0 bridgehead atoms. The van der Waals surface area contributed by atoms with Crippen LogP contribution >= 0.6 is 0 Å². The molecule has 1 unspecified atom stereocenters. The second-order valence-electron chi connectivity index (χ2n) is 3.61. The number of sulfonamides is 1. The van der Waals surface area contributed by atoms with Crippen LogP contribution in [0.25, 0.3) is 0 Å². The van der Waals surface area contributed by atoms with E-state index in [1.807, 2.05) is 0 Å². The molecule has 1 rings (SSSR count). The van der Waals surface area contributed by atoms with Crippen LogP contribution in [-0.2, 0) is 19.6 Å². The van der Waals surface area contributed by atoms with Gasteiger partial charge in [-0.15, -0.1) is 0 Å². The zero-order valence-corrected chi connectivity index (χ0v) is 9.29. The van der Waals surface area contributed by atoms with Crippen LogP contribution in [-0.4, -0.2) is 45.0 Å². The summed E-state index contributed by atoms with van der Waals surface area (Å²) in [7, 11) is -2.24. The number of methoxy groups -OCH3 is 1. The Morgan fingerprint density at radius 3 is 2.67 bits per heavy atom. The maximum Gasteiger partial charge on any atom is 0.336 e. The molecule has 15 heavy (non-hydrogen) atoms. The van der Waals surface area contributed by atoms with Gasteiger partial charge in [-0.25, -0.2) is 17.9 Å². The number of carbonyl (C=O) groups is 1. The summed E-state index contributed by atoms with van der Waals surface area (Å²) in [5, 5.41) is 9.13. The van der Waals surface area contributed by atoms with Crippen molar-refractivity contribution in [1.82, 2.24) is 4.72 Å². The lowest BCUT2D eigenvalue weighted by molar-refractivity contribution is -0.149. The maximum atomic E-state index is 11.3. The number of hydrogen-bond acceptors (Lipinski definition) is 5. The zero-order valence-electron chi connectivity index (χ0n) is 8.47. The lowest BCUT2D eigenvalue weighted by Gasteiger charge is -2.09. The maximum absolute atomic E-state index is 11.3. The Morgan fingerprint density at radius 1 is 1.60 bits per heavy atom. The van der Waals surface area contributed by atoms with Gasteiger partial charge >= 0.3 is 5.97 Å². The third-order valence-electron chi connectivity index (χ3n) is 2.12. The van der Waals surface area contributed by atoms with Gasteiger partial charge in [-0.05, 0) is 18.8 Å². The second-order valence-corrected chi connectivity index (χ2v) is 5.46. The highest BCUT2D eigenvalue weighted by atomic mass is 32.2. The number of carbonyl (C=O) groups excluding carboxylic acids is 1. The van der Waals surface area contributed by atoms with Gasteiger partial charge in [0.05, 0.1) is 12.9 Å². The molecule has 88 valence electrons. The van der Waals surface area contributed by atoms with E-state index in [1.54, 1.807) is 0 Å². The molecule has 0 aromatic heterocycles. The lowest BCUT2D eigenvalue weighted by atomic mass is 10.4.